The SMILES string of the molecule is Cc1cc(CN(CC(=O)N(Cc2ccc3occc3c2)CC(C)C)Cc2cc(C)nn2C)n(C)n1. The number of carbonyl (C=O) groups is 1. The Bertz CT molecular complexity index is 1250. The van der Waals surface area contributed by atoms with Crippen molar-refractivity contribution in [3.05, 3.63) is 71.0 Å². The normalized spacial score (nSPS) is 11.8. The molecule has 0 saturated heterocycles. The summed E-state index contributed by atoms with van der Waals surface area (Å²) >= 11 is 0. The number of benzene rings is 1. The molecule has 0 atom stereocenters. The van der Waals surface area contributed by atoms with Crippen LogP contribution in [0.1, 0.15) is 42.2 Å². The molecule has 0 unspecified atom stereocenters. The maximum atomic E-state index is 13.7. The van der Waals surface area contributed by atoms with Crippen LogP contribution in [0.2, 0.25) is 0 Å². The van der Waals surface area contributed by atoms with E-state index in [1.165, 1.54) is 0 Å². The molecule has 4 aromatic rings. The van der Waals surface area contributed by atoms with Crippen molar-refractivity contribution >= 4 is 16.9 Å². The number of aryl methyl sites for hydroxylation is 4. The average Bonchev–Trinajstić information content (AvgIpc) is 3.45. The highest BCUT2D eigenvalue weighted by Crippen LogP contribution is 2.19. The molecule has 0 aliphatic carbocycles. The number of furan rings is 1. The molecule has 3 aromatic heterocycles. The summed E-state index contributed by atoms with van der Waals surface area (Å²) in [7, 11) is 3.90. The van der Waals surface area contributed by atoms with Gasteiger partial charge in [0.25, 0.3) is 0 Å². The lowest BCUT2D eigenvalue weighted by molar-refractivity contribution is -0.134. The van der Waals surface area contributed by atoms with E-state index < -0.39 is 0 Å². The van der Waals surface area contributed by atoms with Gasteiger partial charge in [0.15, 0.2) is 0 Å². The Morgan fingerprint density at radius 1 is 0.943 bits per heavy atom. The second kappa shape index (κ2) is 10.5. The Balaban J connectivity index is 1.55. The van der Waals surface area contributed by atoms with Gasteiger partial charge < -0.3 is 9.32 Å². The second-order valence-electron chi connectivity index (χ2n) is 9.91. The number of fused-ring (bicyclic) bond motifs is 1. The summed E-state index contributed by atoms with van der Waals surface area (Å²) in [5, 5.41) is 10.0. The van der Waals surface area contributed by atoms with Crippen molar-refractivity contribution in [1.82, 2.24) is 29.4 Å². The molecule has 0 fully saturated rings. The third kappa shape index (κ3) is 6.19. The molecule has 0 spiro atoms. The Kier molecular flexibility index (Phi) is 7.40. The fraction of sp³-hybridized carbons (Fsp3) is 0.444. The highest BCUT2D eigenvalue weighted by atomic mass is 16.3. The van der Waals surface area contributed by atoms with Gasteiger partial charge in [-0.1, -0.05) is 19.9 Å². The molecular formula is C27H36N6O2. The first kappa shape index (κ1) is 24.7. The molecule has 35 heavy (non-hydrogen) atoms. The molecule has 0 radical (unpaired) electrons. The van der Waals surface area contributed by atoms with Gasteiger partial charge in [0.1, 0.15) is 5.58 Å². The van der Waals surface area contributed by atoms with Crippen molar-refractivity contribution in [2.75, 3.05) is 13.1 Å². The molecule has 0 saturated carbocycles. The summed E-state index contributed by atoms with van der Waals surface area (Å²) in [5.41, 5.74) is 6.07. The van der Waals surface area contributed by atoms with Gasteiger partial charge in [-0.15, -0.1) is 0 Å². The van der Waals surface area contributed by atoms with Crippen LogP contribution in [0.15, 0.2) is 47.1 Å². The number of carbonyl (C=O) groups excluding carboxylic acids is 1. The number of hydrogen-bond acceptors (Lipinski definition) is 5. The zero-order chi connectivity index (χ0) is 25.1. The first-order chi connectivity index (χ1) is 16.7. The van der Waals surface area contributed by atoms with Crippen molar-refractivity contribution in [3.63, 3.8) is 0 Å². The monoisotopic (exact) mass is 476 g/mol. The molecule has 8 heteroatoms. The van der Waals surface area contributed by atoms with Crippen molar-refractivity contribution in [1.29, 1.82) is 0 Å². The molecule has 1 amide bonds. The van der Waals surface area contributed by atoms with Gasteiger partial charge in [-0.25, -0.2) is 0 Å². The van der Waals surface area contributed by atoms with E-state index in [9.17, 15) is 4.79 Å². The zero-order valence-corrected chi connectivity index (χ0v) is 21.7. The Morgan fingerprint density at radius 3 is 2.11 bits per heavy atom. The molecule has 0 N–H and O–H groups in total. The summed E-state index contributed by atoms with van der Waals surface area (Å²) in [5.74, 6) is 0.480. The van der Waals surface area contributed by atoms with Crippen LogP contribution in [0.5, 0.6) is 0 Å². The minimum Gasteiger partial charge on any atom is -0.464 e. The summed E-state index contributed by atoms with van der Waals surface area (Å²) in [6.45, 7) is 11.1. The summed E-state index contributed by atoms with van der Waals surface area (Å²) < 4.78 is 9.27. The average molecular weight is 477 g/mol. The van der Waals surface area contributed by atoms with Crippen LogP contribution < -0.4 is 0 Å². The molecule has 0 bridgehead atoms. The van der Waals surface area contributed by atoms with Gasteiger partial charge in [0.05, 0.1) is 35.6 Å². The molecule has 186 valence electrons. The van der Waals surface area contributed by atoms with Crippen LogP contribution in [-0.4, -0.2) is 48.4 Å². The lowest BCUT2D eigenvalue weighted by Crippen LogP contribution is -2.41. The van der Waals surface area contributed by atoms with Gasteiger partial charge in [-0.05, 0) is 55.7 Å². The van der Waals surface area contributed by atoms with E-state index >= 15 is 0 Å². The summed E-state index contributed by atoms with van der Waals surface area (Å²) in [6.07, 6.45) is 1.70. The van der Waals surface area contributed by atoms with Gasteiger partial charge in [0, 0.05) is 45.7 Å². The van der Waals surface area contributed by atoms with E-state index in [0.29, 0.717) is 38.6 Å². The van der Waals surface area contributed by atoms with Crippen LogP contribution in [0.4, 0.5) is 0 Å². The number of hydrogen-bond donors (Lipinski definition) is 0. The number of nitrogens with zero attached hydrogens (tertiary/aromatic N) is 6. The largest absolute Gasteiger partial charge is 0.464 e. The van der Waals surface area contributed by atoms with Crippen molar-refractivity contribution in [3.8, 4) is 0 Å². The topological polar surface area (TPSA) is 72.3 Å². The third-order valence-electron chi connectivity index (χ3n) is 6.16. The van der Waals surface area contributed by atoms with Gasteiger partial charge in [-0.3, -0.25) is 19.1 Å². The van der Waals surface area contributed by atoms with E-state index in [0.717, 1.165) is 39.3 Å². The number of amides is 1. The summed E-state index contributed by atoms with van der Waals surface area (Å²) in [6, 6.07) is 12.2. The van der Waals surface area contributed by atoms with Gasteiger partial charge >= 0.3 is 0 Å². The van der Waals surface area contributed by atoms with E-state index in [2.05, 4.69) is 47.1 Å². The van der Waals surface area contributed by atoms with Crippen molar-refractivity contribution in [2.45, 2.75) is 47.3 Å². The maximum absolute atomic E-state index is 13.7. The Hall–Kier alpha value is -3.39. The minimum atomic E-state index is 0.115. The first-order valence-electron chi connectivity index (χ1n) is 12.1. The lowest BCUT2D eigenvalue weighted by Gasteiger charge is -2.29. The maximum Gasteiger partial charge on any atom is 0.237 e. The predicted molar refractivity (Wildman–Crippen MR) is 136 cm³/mol. The van der Waals surface area contributed by atoms with Gasteiger partial charge in [0.2, 0.25) is 5.91 Å². The Labute approximate surface area is 207 Å². The second-order valence-corrected chi connectivity index (χ2v) is 9.91. The van der Waals surface area contributed by atoms with Crippen LogP contribution in [0.3, 0.4) is 0 Å². The fourth-order valence-corrected chi connectivity index (χ4v) is 4.57. The lowest BCUT2D eigenvalue weighted by atomic mass is 10.1. The van der Waals surface area contributed by atoms with E-state index in [1.54, 1.807) is 6.26 Å². The van der Waals surface area contributed by atoms with E-state index in [1.807, 2.05) is 60.4 Å². The van der Waals surface area contributed by atoms with Crippen molar-refractivity contribution in [2.24, 2.45) is 20.0 Å². The van der Waals surface area contributed by atoms with Gasteiger partial charge in [-0.2, -0.15) is 10.2 Å². The highest BCUT2D eigenvalue weighted by molar-refractivity contribution is 5.79. The Morgan fingerprint density at radius 2 is 1.57 bits per heavy atom. The molecule has 1 aromatic carbocycles. The smallest absolute Gasteiger partial charge is 0.237 e. The van der Waals surface area contributed by atoms with Crippen LogP contribution in [-0.2, 0) is 38.5 Å². The highest BCUT2D eigenvalue weighted by Gasteiger charge is 2.21. The zero-order valence-electron chi connectivity index (χ0n) is 21.7. The third-order valence-corrected chi connectivity index (χ3v) is 6.16. The van der Waals surface area contributed by atoms with E-state index in [-0.39, 0.29) is 5.91 Å². The molecule has 8 nitrogen and oxygen atoms in total. The van der Waals surface area contributed by atoms with E-state index in [4.69, 9.17) is 4.42 Å². The molecule has 3 heterocycles. The molecular weight excluding hydrogens is 440 g/mol. The standard InChI is InChI=1S/C27H36N6O2/c1-19(2)14-33(15-22-7-8-26-23(13-22)9-10-35-26)27(34)18-32(16-24-11-20(3)28-30(24)5)17-25-12-21(4)29-31(25)6/h7-13,19H,14-18H2,1-6H3. The van der Waals surface area contributed by atoms with Crippen LogP contribution in [0, 0.1) is 19.8 Å². The van der Waals surface area contributed by atoms with Crippen LogP contribution >= 0.6 is 0 Å². The number of rotatable bonds is 10. The fourth-order valence-electron chi connectivity index (χ4n) is 4.57. The summed E-state index contributed by atoms with van der Waals surface area (Å²) in [4.78, 5) is 17.8. The molecule has 4 rings (SSSR count). The first-order valence-corrected chi connectivity index (χ1v) is 12.1. The quantitative estimate of drug-likeness (QED) is 0.343. The molecule has 0 aliphatic rings. The predicted octanol–water partition coefficient (Wildman–Crippen LogP) is 4.20. The minimum absolute atomic E-state index is 0.115. The number of aromatic nitrogens is 4. The van der Waals surface area contributed by atoms with Crippen molar-refractivity contribution < 1.29 is 9.21 Å². The molecule has 0 aliphatic heterocycles. The van der Waals surface area contributed by atoms with Crippen LogP contribution in [0.25, 0.3) is 11.0 Å².